The van der Waals surface area contributed by atoms with Crippen LogP contribution in [-0.2, 0) is 9.47 Å². The van der Waals surface area contributed by atoms with Crippen molar-refractivity contribution in [1.82, 2.24) is 5.32 Å². The van der Waals surface area contributed by atoms with E-state index in [0.717, 1.165) is 5.56 Å². The molecule has 0 aliphatic rings. The fourth-order valence-electron chi connectivity index (χ4n) is 1.69. The SMILES string of the molecule is CCOC(=O)c1ccc(C(C)NC(=O)OC(C)(C)C)cc1. The number of amides is 1. The lowest BCUT2D eigenvalue weighted by atomic mass is 10.1. The molecule has 1 amide bonds. The van der Waals surface area contributed by atoms with Crippen molar-refractivity contribution in [2.24, 2.45) is 0 Å². The molecule has 0 fully saturated rings. The van der Waals surface area contributed by atoms with Gasteiger partial charge in [-0.1, -0.05) is 12.1 Å². The van der Waals surface area contributed by atoms with Gasteiger partial charge in [-0.2, -0.15) is 0 Å². The van der Waals surface area contributed by atoms with Gasteiger partial charge in [0.05, 0.1) is 18.2 Å². The van der Waals surface area contributed by atoms with E-state index in [1.807, 2.05) is 27.7 Å². The minimum absolute atomic E-state index is 0.212. The highest BCUT2D eigenvalue weighted by atomic mass is 16.6. The highest BCUT2D eigenvalue weighted by Crippen LogP contribution is 2.15. The van der Waals surface area contributed by atoms with Gasteiger partial charge in [-0.3, -0.25) is 0 Å². The Bertz CT molecular complexity index is 488. The first-order chi connectivity index (χ1) is 9.73. The molecule has 116 valence electrons. The number of rotatable bonds is 4. The molecule has 1 unspecified atom stereocenters. The zero-order valence-electron chi connectivity index (χ0n) is 13.2. The Hall–Kier alpha value is -2.04. The maximum absolute atomic E-state index is 11.7. The van der Waals surface area contributed by atoms with E-state index in [9.17, 15) is 9.59 Å². The van der Waals surface area contributed by atoms with E-state index >= 15 is 0 Å². The quantitative estimate of drug-likeness (QED) is 0.864. The minimum atomic E-state index is -0.530. The van der Waals surface area contributed by atoms with E-state index in [1.54, 1.807) is 31.2 Å². The lowest BCUT2D eigenvalue weighted by Gasteiger charge is -2.22. The maximum atomic E-state index is 11.7. The number of esters is 1. The van der Waals surface area contributed by atoms with Crippen molar-refractivity contribution in [1.29, 1.82) is 0 Å². The number of nitrogens with one attached hydrogen (secondary N) is 1. The predicted octanol–water partition coefficient (Wildman–Crippen LogP) is 3.45. The fourth-order valence-corrected chi connectivity index (χ4v) is 1.69. The van der Waals surface area contributed by atoms with Crippen LogP contribution >= 0.6 is 0 Å². The second-order valence-electron chi connectivity index (χ2n) is 5.71. The average Bonchev–Trinajstić information content (AvgIpc) is 2.36. The number of benzene rings is 1. The summed E-state index contributed by atoms with van der Waals surface area (Å²) in [6.07, 6.45) is -0.468. The maximum Gasteiger partial charge on any atom is 0.408 e. The van der Waals surface area contributed by atoms with Crippen LogP contribution in [-0.4, -0.2) is 24.3 Å². The van der Waals surface area contributed by atoms with Gasteiger partial charge < -0.3 is 14.8 Å². The Labute approximate surface area is 125 Å². The summed E-state index contributed by atoms with van der Waals surface area (Å²) >= 11 is 0. The van der Waals surface area contributed by atoms with E-state index in [-0.39, 0.29) is 12.0 Å². The second kappa shape index (κ2) is 7.11. The molecule has 0 heterocycles. The number of hydrogen-bond donors (Lipinski definition) is 1. The van der Waals surface area contributed by atoms with Gasteiger partial charge in [0.1, 0.15) is 5.60 Å². The van der Waals surface area contributed by atoms with Gasteiger partial charge in [0.15, 0.2) is 0 Å². The van der Waals surface area contributed by atoms with Crippen LogP contribution < -0.4 is 5.32 Å². The molecule has 5 heteroatoms. The summed E-state index contributed by atoms with van der Waals surface area (Å²) in [5, 5.41) is 2.75. The lowest BCUT2D eigenvalue weighted by Crippen LogP contribution is -2.34. The molecule has 0 bridgehead atoms. The van der Waals surface area contributed by atoms with Crippen molar-refractivity contribution < 1.29 is 19.1 Å². The predicted molar refractivity (Wildman–Crippen MR) is 80.2 cm³/mol. The first-order valence-electron chi connectivity index (χ1n) is 6.99. The van der Waals surface area contributed by atoms with Crippen molar-refractivity contribution in [3.05, 3.63) is 35.4 Å². The van der Waals surface area contributed by atoms with Gasteiger partial charge in [0.2, 0.25) is 0 Å². The van der Waals surface area contributed by atoms with E-state index in [1.165, 1.54) is 0 Å². The van der Waals surface area contributed by atoms with E-state index < -0.39 is 11.7 Å². The van der Waals surface area contributed by atoms with Crippen molar-refractivity contribution in [2.45, 2.75) is 46.3 Å². The van der Waals surface area contributed by atoms with Crippen LogP contribution in [0.3, 0.4) is 0 Å². The molecule has 1 aromatic rings. The highest BCUT2D eigenvalue weighted by Gasteiger charge is 2.18. The average molecular weight is 293 g/mol. The van der Waals surface area contributed by atoms with E-state index in [0.29, 0.717) is 12.2 Å². The molecule has 0 spiro atoms. The molecule has 21 heavy (non-hydrogen) atoms. The summed E-state index contributed by atoms with van der Waals surface area (Å²) < 4.78 is 10.1. The van der Waals surface area contributed by atoms with Crippen molar-refractivity contribution in [3.8, 4) is 0 Å². The molecule has 0 saturated heterocycles. The molecular formula is C16H23NO4. The van der Waals surface area contributed by atoms with Gasteiger partial charge in [0.25, 0.3) is 0 Å². The summed E-state index contributed by atoms with van der Waals surface area (Å²) in [7, 11) is 0. The summed E-state index contributed by atoms with van der Waals surface area (Å²) in [6.45, 7) is 9.39. The van der Waals surface area contributed by atoms with Gasteiger partial charge in [0, 0.05) is 0 Å². The number of carbonyl (C=O) groups excluding carboxylic acids is 2. The van der Waals surface area contributed by atoms with Crippen LogP contribution in [0.5, 0.6) is 0 Å². The Morgan fingerprint density at radius 3 is 2.24 bits per heavy atom. The third-order valence-electron chi connectivity index (χ3n) is 2.66. The zero-order valence-corrected chi connectivity index (χ0v) is 13.2. The fraction of sp³-hybridized carbons (Fsp3) is 0.500. The van der Waals surface area contributed by atoms with Crippen LogP contribution in [0.2, 0.25) is 0 Å². The molecular weight excluding hydrogens is 270 g/mol. The highest BCUT2D eigenvalue weighted by molar-refractivity contribution is 5.89. The third kappa shape index (κ3) is 5.85. The monoisotopic (exact) mass is 293 g/mol. The first-order valence-corrected chi connectivity index (χ1v) is 6.99. The lowest BCUT2D eigenvalue weighted by molar-refractivity contribution is 0.0501. The Morgan fingerprint density at radius 2 is 1.76 bits per heavy atom. The number of alkyl carbamates (subject to hydrolysis) is 1. The molecule has 0 aromatic heterocycles. The first kappa shape index (κ1) is 17.0. The Kier molecular flexibility index (Phi) is 5.76. The summed E-state index contributed by atoms with van der Waals surface area (Å²) in [4.78, 5) is 23.2. The van der Waals surface area contributed by atoms with Crippen molar-refractivity contribution in [3.63, 3.8) is 0 Å². The van der Waals surface area contributed by atoms with Gasteiger partial charge in [-0.15, -0.1) is 0 Å². The van der Waals surface area contributed by atoms with Gasteiger partial charge >= 0.3 is 12.1 Å². The smallest absolute Gasteiger partial charge is 0.408 e. The van der Waals surface area contributed by atoms with Crippen LogP contribution in [0.15, 0.2) is 24.3 Å². The molecule has 0 radical (unpaired) electrons. The molecule has 0 aliphatic heterocycles. The molecule has 0 saturated carbocycles. The number of ether oxygens (including phenoxy) is 2. The number of hydrogen-bond acceptors (Lipinski definition) is 4. The molecule has 1 N–H and O–H groups in total. The molecule has 0 aliphatic carbocycles. The molecule has 5 nitrogen and oxygen atoms in total. The van der Waals surface area contributed by atoms with E-state index in [2.05, 4.69) is 5.32 Å². The molecule has 1 rings (SSSR count). The summed E-state index contributed by atoms with van der Waals surface area (Å²) in [6, 6.07) is 6.72. The second-order valence-corrected chi connectivity index (χ2v) is 5.71. The summed E-state index contributed by atoms with van der Waals surface area (Å²) in [5.41, 5.74) is 0.844. The largest absolute Gasteiger partial charge is 0.462 e. The number of carbonyl (C=O) groups is 2. The van der Waals surface area contributed by atoms with Crippen LogP contribution in [0.1, 0.15) is 56.6 Å². The standard InChI is InChI=1S/C16H23NO4/c1-6-20-14(18)13-9-7-12(8-10-13)11(2)17-15(19)21-16(3,4)5/h7-11H,6H2,1-5H3,(H,17,19). The van der Waals surface area contributed by atoms with Crippen molar-refractivity contribution in [2.75, 3.05) is 6.61 Å². The third-order valence-corrected chi connectivity index (χ3v) is 2.66. The zero-order chi connectivity index (χ0) is 16.0. The van der Waals surface area contributed by atoms with Gasteiger partial charge in [-0.05, 0) is 52.3 Å². The molecule has 1 atom stereocenters. The van der Waals surface area contributed by atoms with Crippen LogP contribution in [0.4, 0.5) is 4.79 Å². The molecule has 1 aromatic carbocycles. The minimum Gasteiger partial charge on any atom is -0.462 e. The van der Waals surface area contributed by atoms with Crippen LogP contribution in [0, 0.1) is 0 Å². The van der Waals surface area contributed by atoms with Crippen molar-refractivity contribution >= 4 is 12.1 Å². The Balaban J connectivity index is 2.65. The van der Waals surface area contributed by atoms with E-state index in [4.69, 9.17) is 9.47 Å². The Morgan fingerprint density at radius 1 is 1.19 bits per heavy atom. The normalized spacial score (nSPS) is 12.4. The van der Waals surface area contributed by atoms with Crippen LogP contribution in [0.25, 0.3) is 0 Å². The summed E-state index contributed by atoms with van der Waals surface area (Å²) in [5.74, 6) is -0.350. The topological polar surface area (TPSA) is 64.6 Å². The van der Waals surface area contributed by atoms with Gasteiger partial charge in [-0.25, -0.2) is 9.59 Å².